The second-order valence-electron chi connectivity index (χ2n) is 8.16. The van der Waals surface area contributed by atoms with Crippen LogP contribution in [0.15, 0.2) is 128 Å². The highest BCUT2D eigenvalue weighted by atomic mass is 14.7. The van der Waals surface area contributed by atoms with Crippen LogP contribution in [-0.2, 0) is 0 Å². The fraction of sp³-hybridized carbons (Fsp3) is 0. The van der Waals surface area contributed by atoms with Crippen molar-refractivity contribution in [1.82, 2.24) is 4.98 Å². The molecule has 0 aliphatic heterocycles. The van der Waals surface area contributed by atoms with Crippen LogP contribution in [0.5, 0.6) is 0 Å². The van der Waals surface area contributed by atoms with Gasteiger partial charge in [-0.05, 0) is 51.1 Å². The van der Waals surface area contributed by atoms with E-state index in [0.29, 0.717) is 0 Å². The summed E-state index contributed by atoms with van der Waals surface area (Å²) in [4.78, 5) is 4.59. The monoisotopic (exact) mass is 435 g/mol. The van der Waals surface area contributed by atoms with E-state index in [1.807, 2.05) is 30.5 Å². The van der Waals surface area contributed by atoms with Crippen molar-refractivity contribution in [3.05, 3.63) is 150 Å². The Balaban J connectivity index is 1.21. The summed E-state index contributed by atoms with van der Waals surface area (Å²) in [5.74, 6) is 0. The molecule has 0 aliphatic rings. The van der Waals surface area contributed by atoms with E-state index in [1.54, 1.807) is 0 Å². The number of aromatic nitrogens is 1. The molecule has 0 N–H and O–H groups in total. The molecule has 34 heavy (non-hydrogen) atoms. The molecule has 1 heteroatoms. The normalized spacial score (nSPS) is 11.3. The van der Waals surface area contributed by atoms with Crippen LogP contribution in [0.2, 0.25) is 0 Å². The molecule has 0 unspecified atom stereocenters. The van der Waals surface area contributed by atoms with E-state index < -0.39 is 0 Å². The quantitative estimate of drug-likeness (QED) is 0.260. The lowest BCUT2D eigenvalue weighted by Gasteiger charge is -2.02. The SMILES string of the molecule is C(=C\c1ccc(/C=C/c2ccc(-c3ccccc3)cc2)nc1)/c1ccc(-c2ccccc2)cc1. The van der Waals surface area contributed by atoms with Crippen LogP contribution in [0.3, 0.4) is 0 Å². The molecule has 0 saturated heterocycles. The predicted molar refractivity (Wildman–Crippen MR) is 146 cm³/mol. The highest BCUT2D eigenvalue weighted by molar-refractivity contribution is 5.74. The second kappa shape index (κ2) is 10.4. The maximum absolute atomic E-state index is 4.59. The van der Waals surface area contributed by atoms with Gasteiger partial charge in [-0.2, -0.15) is 0 Å². The fourth-order valence-electron chi connectivity index (χ4n) is 3.82. The largest absolute Gasteiger partial charge is 0.256 e. The number of nitrogens with zero attached hydrogens (tertiary/aromatic N) is 1. The van der Waals surface area contributed by atoms with Crippen molar-refractivity contribution in [2.75, 3.05) is 0 Å². The van der Waals surface area contributed by atoms with E-state index in [4.69, 9.17) is 0 Å². The third-order valence-electron chi connectivity index (χ3n) is 5.76. The van der Waals surface area contributed by atoms with Gasteiger partial charge in [-0.15, -0.1) is 0 Å². The Hall–Kier alpha value is -4.49. The molecule has 0 amide bonds. The van der Waals surface area contributed by atoms with Gasteiger partial charge in [0.1, 0.15) is 0 Å². The molecule has 0 radical (unpaired) electrons. The summed E-state index contributed by atoms with van der Waals surface area (Å²) in [5, 5.41) is 0. The minimum absolute atomic E-state index is 0.941. The molecule has 0 spiro atoms. The van der Waals surface area contributed by atoms with Crippen molar-refractivity contribution < 1.29 is 0 Å². The summed E-state index contributed by atoms with van der Waals surface area (Å²) >= 11 is 0. The lowest BCUT2D eigenvalue weighted by atomic mass is 10.0. The molecular weight excluding hydrogens is 410 g/mol. The molecule has 0 aliphatic carbocycles. The van der Waals surface area contributed by atoms with Gasteiger partial charge in [0.15, 0.2) is 0 Å². The predicted octanol–water partition coefficient (Wildman–Crippen LogP) is 8.76. The summed E-state index contributed by atoms with van der Waals surface area (Å²) in [5.41, 5.74) is 9.26. The van der Waals surface area contributed by atoms with Crippen LogP contribution < -0.4 is 0 Å². The summed E-state index contributed by atoms with van der Waals surface area (Å²) in [6.07, 6.45) is 10.3. The van der Waals surface area contributed by atoms with Crippen molar-refractivity contribution in [2.45, 2.75) is 0 Å². The molecule has 5 aromatic rings. The van der Waals surface area contributed by atoms with Gasteiger partial charge in [-0.1, -0.05) is 133 Å². The molecule has 162 valence electrons. The van der Waals surface area contributed by atoms with E-state index >= 15 is 0 Å². The Morgan fingerprint density at radius 3 is 1.24 bits per heavy atom. The number of hydrogen-bond donors (Lipinski definition) is 0. The zero-order valence-corrected chi connectivity index (χ0v) is 18.9. The molecule has 0 fully saturated rings. The van der Waals surface area contributed by atoms with Crippen LogP contribution in [0.25, 0.3) is 46.6 Å². The molecule has 0 saturated carbocycles. The van der Waals surface area contributed by atoms with Crippen LogP contribution >= 0.6 is 0 Å². The highest BCUT2D eigenvalue weighted by Crippen LogP contribution is 2.21. The molecule has 0 bridgehead atoms. The van der Waals surface area contributed by atoms with Crippen molar-refractivity contribution >= 4 is 24.3 Å². The molecule has 1 nitrogen and oxygen atoms in total. The summed E-state index contributed by atoms with van der Waals surface area (Å²) in [7, 11) is 0. The molecule has 1 aromatic heterocycles. The van der Waals surface area contributed by atoms with Gasteiger partial charge in [0.25, 0.3) is 0 Å². The van der Waals surface area contributed by atoms with E-state index in [0.717, 1.165) is 16.8 Å². The first-order valence-electron chi connectivity index (χ1n) is 11.5. The van der Waals surface area contributed by atoms with Gasteiger partial charge in [0, 0.05) is 6.20 Å². The standard InChI is InChI=1S/C33H25N/c1-3-7-29(8-4-1)31-19-13-26(14-20-31)11-12-28-18-24-33(34-25-28)23-17-27-15-21-32(22-16-27)30-9-5-2-6-10-30/h1-25H/b12-11+,23-17+. The molecule has 5 rings (SSSR count). The molecular formula is C33H25N. The first kappa shape index (κ1) is 21.4. The van der Waals surface area contributed by atoms with Crippen molar-refractivity contribution in [3.63, 3.8) is 0 Å². The lowest BCUT2D eigenvalue weighted by molar-refractivity contribution is 1.29. The Labute approximate surface area is 201 Å². The Morgan fingerprint density at radius 1 is 0.353 bits per heavy atom. The van der Waals surface area contributed by atoms with E-state index in [-0.39, 0.29) is 0 Å². The third kappa shape index (κ3) is 5.46. The van der Waals surface area contributed by atoms with Crippen molar-refractivity contribution in [3.8, 4) is 22.3 Å². The first-order chi connectivity index (χ1) is 16.8. The van der Waals surface area contributed by atoms with Crippen LogP contribution in [0, 0.1) is 0 Å². The van der Waals surface area contributed by atoms with Gasteiger partial charge in [-0.25, -0.2) is 0 Å². The number of hydrogen-bond acceptors (Lipinski definition) is 1. The van der Waals surface area contributed by atoms with Crippen molar-refractivity contribution in [1.29, 1.82) is 0 Å². The second-order valence-corrected chi connectivity index (χ2v) is 8.16. The maximum atomic E-state index is 4.59. The topological polar surface area (TPSA) is 12.9 Å². The Kier molecular flexibility index (Phi) is 6.54. The molecule has 0 atom stereocenters. The lowest BCUT2D eigenvalue weighted by Crippen LogP contribution is -1.82. The third-order valence-corrected chi connectivity index (χ3v) is 5.76. The smallest absolute Gasteiger partial charge is 0.0630 e. The summed E-state index contributed by atoms with van der Waals surface area (Å²) < 4.78 is 0. The Morgan fingerprint density at radius 2 is 0.765 bits per heavy atom. The van der Waals surface area contributed by atoms with Gasteiger partial charge < -0.3 is 0 Å². The van der Waals surface area contributed by atoms with Crippen LogP contribution in [0.4, 0.5) is 0 Å². The minimum Gasteiger partial charge on any atom is -0.256 e. The summed E-state index contributed by atoms with van der Waals surface area (Å²) in [6.45, 7) is 0. The zero-order valence-electron chi connectivity index (χ0n) is 18.9. The van der Waals surface area contributed by atoms with Crippen molar-refractivity contribution in [2.24, 2.45) is 0 Å². The van der Waals surface area contributed by atoms with Gasteiger partial charge >= 0.3 is 0 Å². The van der Waals surface area contributed by atoms with Crippen LogP contribution in [-0.4, -0.2) is 4.98 Å². The van der Waals surface area contributed by atoms with E-state index in [9.17, 15) is 0 Å². The van der Waals surface area contributed by atoms with E-state index in [1.165, 1.54) is 27.8 Å². The zero-order chi connectivity index (χ0) is 23.0. The van der Waals surface area contributed by atoms with Gasteiger partial charge in [-0.3, -0.25) is 4.98 Å². The Bertz CT molecular complexity index is 1270. The average Bonchev–Trinajstić information content (AvgIpc) is 2.93. The maximum Gasteiger partial charge on any atom is 0.0630 e. The van der Waals surface area contributed by atoms with Gasteiger partial charge in [0.2, 0.25) is 0 Å². The van der Waals surface area contributed by atoms with Crippen LogP contribution in [0.1, 0.15) is 22.4 Å². The van der Waals surface area contributed by atoms with E-state index in [2.05, 4.69) is 126 Å². The number of benzene rings is 4. The number of rotatable bonds is 6. The minimum atomic E-state index is 0.941. The molecule has 1 heterocycles. The molecule has 4 aromatic carbocycles. The highest BCUT2D eigenvalue weighted by Gasteiger charge is 1.98. The van der Waals surface area contributed by atoms with Gasteiger partial charge in [0.05, 0.1) is 5.69 Å². The average molecular weight is 436 g/mol. The fourth-order valence-corrected chi connectivity index (χ4v) is 3.82. The summed E-state index contributed by atoms with van der Waals surface area (Å²) in [6, 6.07) is 42.2. The number of pyridine rings is 1. The first-order valence-corrected chi connectivity index (χ1v) is 11.5.